The first-order valence-corrected chi connectivity index (χ1v) is 3.28. The van der Waals surface area contributed by atoms with Gasteiger partial charge < -0.3 is 6.42 Å². The Labute approximate surface area is 44.9 Å². The van der Waals surface area contributed by atoms with Crippen LogP contribution in [0.1, 0.15) is 25.7 Å². The Kier molecular flexibility index (Phi) is 0.964. The Balaban J connectivity index is 0.000000320. The van der Waals surface area contributed by atoms with Gasteiger partial charge in [0.05, 0.1) is 0 Å². The zero-order chi connectivity index (χ0) is 4.69. The smallest absolute Gasteiger partial charge is 0 e. The molecule has 0 nitrogen and oxygen atoms in total. The summed E-state index contributed by atoms with van der Waals surface area (Å²) >= 11 is 0. The summed E-state index contributed by atoms with van der Waals surface area (Å²) in [6.07, 6.45) is 8.50. The normalized spacial score (nSPS) is 42.0. The Morgan fingerprint density at radius 1 is 1.25 bits per heavy atom. The van der Waals surface area contributed by atoms with Crippen LogP contribution in [0.5, 0.6) is 0 Å². The SMILES string of the molecule is [CH-]1CC2CCC1C2.[Cm]. The van der Waals surface area contributed by atoms with Crippen LogP contribution in [0, 0.1) is 18.3 Å². The number of rotatable bonds is 0. The third-order valence-corrected chi connectivity index (χ3v) is 2.38. The predicted octanol–water partition coefficient (Wildman–Crippen LogP) is 2.01. The van der Waals surface area contributed by atoms with Crippen LogP contribution >= 0.6 is 0 Å². The third kappa shape index (κ3) is 0.473. The summed E-state index contributed by atoms with van der Waals surface area (Å²) in [6.45, 7) is 0. The molecule has 2 rings (SSSR count). The molecule has 2 bridgehead atoms. The zero-order valence-corrected chi connectivity index (χ0v) is 7.86. The molecule has 2 aliphatic rings. The topological polar surface area (TPSA) is 0 Å². The summed E-state index contributed by atoms with van der Waals surface area (Å²) in [5.74, 6) is 2.16. The van der Waals surface area contributed by atoms with Crippen molar-refractivity contribution in [3.05, 3.63) is 6.42 Å². The molecule has 2 fully saturated rings. The van der Waals surface area contributed by atoms with E-state index in [2.05, 4.69) is 6.42 Å². The van der Waals surface area contributed by atoms with Crippen molar-refractivity contribution in [3.63, 3.8) is 0 Å². The third-order valence-electron chi connectivity index (χ3n) is 2.38. The average Bonchev–Trinajstić information content (AvgIpc) is 2.22. The molecule has 0 amide bonds. The van der Waals surface area contributed by atoms with Gasteiger partial charge in [0.15, 0.2) is 0 Å². The molecule has 8 heavy (non-hydrogen) atoms. The van der Waals surface area contributed by atoms with E-state index in [-0.39, 0.29) is 0 Å². The monoisotopic (exact) mass is 338 g/mol. The maximum absolute atomic E-state index is 2.51. The zero-order valence-electron chi connectivity index (χ0n) is 4.91. The Morgan fingerprint density at radius 3 is 2.25 bits per heavy atom. The van der Waals surface area contributed by atoms with E-state index in [4.69, 9.17) is 0 Å². The van der Waals surface area contributed by atoms with Gasteiger partial charge in [-0.25, -0.2) is 0 Å². The van der Waals surface area contributed by atoms with Gasteiger partial charge in [-0.3, -0.25) is 0 Å². The Morgan fingerprint density at radius 2 is 2.12 bits per heavy atom. The molecule has 0 aromatic rings. The van der Waals surface area contributed by atoms with E-state index >= 15 is 0 Å². The van der Waals surface area contributed by atoms with Crippen molar-refractivity contribution in [2.75, 3.05) is 0 Å². The van der Waals surface area contributed by atoms with Gasteiger partial charge in [-0.2, -0.15) is 12.3 Å². The van der Waals surface area contributed by atoms with E-state index in [0.717, 1.165) is 11.8 Å². The molecular weight excluding hydrogens is 331 g/mol. The van der Waals surface area contributed by atoms with Crippen molar-refractivity contribution in [2.24, 2.45) is 11.8 Å². The molecule has 2 atom stereocenters. The second-order valence-corrected chi connectivity index (χ2v) is 2.91. The first-order chi connectivity index (χ1) is 3.45. The Bertz CT molecular complexity index is 62.5. The number of fused-ring (bicyclic) bond motifs is 2. The molecule has 0 aromatic carbocycles. The van der Waals surface area contributed by atoms with Crippen molar-refractivity contribution in [1.82, 2.24) is 0 Å². The van der Waals surface area contributed by atoms with Gasteiger partial charge in [0, 0.05) is 0 Å². The molecule has 0 aromatic heterocycles. The quantitative estimate of drug-likeness (QED) is 0.591. The second-order valence-electron chi connectivity index (χ2n) is 2.91. The average molecular weight is 342 g/mol. The van der Waals surface area contributed by atoms with Crippen molar-refractivity contribution in [1.29, 1.82) is 0 Å². The van der Waals surface area contributed by atoms with Crippen LogP contribution < -0.4 is 0 Å². The van der Waals surface area contributed by atoms with Gasteiger partial charge in [-0.05, 0) is 0 Å². The minimum Gasteiger partial charge on any atom is -0.325 e. The van der Waals surface area contributed by atoms with Gasteiger partial charge >= 0.3 is 0 Å². The standard InChI is InChI=1S/C7H11.Cm/c1-2-7-4-3-6(1)5-7;/h1,6-7H,2-5H2;/q-1;. The Hall–Kier alpha value is -1.00. The van der Waals surface area contributed by atoms with E-state index in [1.165, 1.54) is 25.7 Å². The van der Waals surface area contributed by atoms with Crippen LogP contribution in [0.25, 0.3) is 0 Å². The molecule has 0 heterocycles. The number of hydrogen-bond acceptors (Lipinski definition) is 0. The first-order valence-electron chi connectivity index (χ1n) is 3.28. The molecule has 0 spiro atoms. The first kappa shape index (κ1) is 5.14. The summed E-state index contributed by atoms with van der Waals surface area (Å²) in [5.41, 5.74) is 0. The second kappa shape index (κ2) is 1.50. The largest absolute Gasteiger partial charge is 0.325 e. The van der Waals surface area contributed by atoms with Crippen LogP contribution in [0.3, 0.4) is 0 Å². The van der Waals surface area contributed by atoms with E-state index in [9.17, 15) is 0 Å². The van der Waals surface area contributed by atoms with E-state index < -0.39 is 0 Å². The summed E-state index contributed by atoms with van der Waals surface area (Å²) < 4.78 is 0. The van der Waals surface area contributed by atoms with Crippen LogP contribution in [0.2, 0.25) is 0 Å². The molecule has 0 saturated heterocycles. The minimum atomic E-state index is 0. The van der Waals surface area contributed by atoms with Crippen molar-refractivity contribution < 1.29 is 0 Å². The summed E-state index contributed by atoms with van der Waals surface area (Å²) in [5, 5.41) is 0. The maximum Gasteiger partial charge on any atom is 0 e. The number of hydrogen-bond donors (Lipinski definition) is 0. The molecule has 2 saturated carbocycles. The summed E-state index contributed by atoms with van der Waals surface area (Å²) in [6, 6.07) is 0. The van der Waals surface area contributed by atoms with E-state index in [0.29, 0.717) is 0 Å². The fourth-order valence-electron chi connectivity index (χ4n) is 1.93. The van der Waals surface area contributed by atoms with E-state index in [1.807, 2.05) is 0 Å². The van der Waals surface area contributed by atoms with Gasteiger partial charge in [-0.15, -0.1) is 0 Å². The van der Waals surface area contributed by atoms with Crippen molar-refractivity contribution in [2.45, 2.75) is 25.7 Å². The molecule has 48 valence electrons. The van der Waals surface area contributed by atoms with Crippen LogP contribution in [0.15, 0.2) is 0 Å². The molecule has 1 heteroatoms. The van der Waals surface area contributed by atoms with Gasteiger partial charge in [0.1, 0.15) is 0 Å². The van der Waals surface area contributed by atoms with Gasteiger partial charge in [0.2, 0.25) is 0 Å². The molecule has 2 unspecified atom stereocenters. The fourth-order valence-corrected chi connectivity index (χ4v) is 1.93. The molecule has 0 aliphatic heterocycles. The fraction of sp³-hybridized carbons (Fsp3) is 0.857. The van der Waals surface area contributed by atoms with Crippen LogP contribution in [-0.4, -0.2) is 0 Å². The summed E-state index contributed by atoms with van der Waals surface area (Å²) in [7, 11) is 0. The predicted molar refractivity (Wildman–Crippen MR) is 29.7 cm³/mol. The van der Waals surface area contributed by atoms with Gasteiger partial charge in [0.25, 0.3) is 0 Å². The molecular formula is C7H11Cm-. The minimum absolute atomic E-state index is 0. The van der Waals surface area contributed by atoms with Crippen molar-refractivity contribution in [3.8, 4) is 0 Å². The van der Waals surface area contributed by atoms with E-state index in [1.54, 1.807) is 0 Å². The van der Waals surface area contributed by atoms with Crippen molar-refractivity contribution >= 4 is 0 Å². The summed E-state index contributed by atoms with van der Waals surface area (Å²) in [4.78, 5) is 0. The molecule has 0 N–H and O–H groups in total. The maximum atomic E-state index is 2.51. The van der Waals surface area contributed by atoms with Gasteiger partial charge in [-0.1, -0.05) is 25.2 Å². The molecule has 0 radical (unpaired) electrons. The van der Waals surface area contributed by atoms with Crippen LogP contribution in [0.4, 0.5) is 0 Å². The molecule has 2 aliphatic carbocycles. The van der Waals surface area contributed by atoms with Crippen LogP contribution in [-0.2, 0) is 0 Å².